The van der Waals surface area contributed by atoms with Crippen LogP contribution in [0.25, 0.3) is 11.1 Å². The second-order valence-corrected chi connectivity index (χ2v) is 7.59. The van der Waals surface area contributed by atoms with E-state index in [1.165, 1.54) is 6.07 Å². The smallest absolute Gasteiger partial charge is 0.209 e. The number of aliphatic imine (C=N–C) groups is 2. The molecule has 4 rings (SSSR count). The molecule has 160 valence electrons. The molecule has 1 aliphatic heterocycles. The van der Waals surface area contributed by atoms with Gasteiger partial charge < -0.3 is 10.1 Å². The molecule has 3 aromatic rings. The van der Waals surface area contributed by atoms with Crippen LogP contribution in [0.1, 0.15) is 37.5 Å². The Balaban J connectivity index is 1.71. The van der Waals surface area contributed by atoms with Gasteiger partial charge in [0.25, 0.3) is 0 Å². The van der Waals surface area contributed by atoms with E-state index in [1.807, 2.05) is 13.8 Å². The summed E-state index contributed by atoms with van der Waals surface area (Å²) >= 11 is 6.40. The van der Waals surface area contributed by atoms with Gasteiger partial charge >= 0.3 is 0 Å². The molecule has 31 heavy (non-hydrogen) atoms. The zero-order valence-electron chi connectivity index (χ0n) is 17.5. The molecule has 0 amide bonds. The first-order chi connectivity index (χ1) is 14.9. The highest BCUT2D eigenvalue weighted by Crippen LogP contribution is 2.32. The molecule has 7 nitrogen and oxygen atoms in total. The largest absolute Gasteiger partial charge is 0.493 e. The van der Waals surface area contributed by atoms with Crippen LogP contribution in [0, 0.1) is 5.82 Å². The zero-order chi connectivity index (χ0) is 22.1. The number of anilines is 1. The van der Waals surface area contributed by atoms with Crippen LogP contribution in [0.2, 0.25) is 5.15 Å². The number of hydrogen-bond donors (Lipinski definition) is 1. The Hall–Kier alpha value is -3.26. The average Bonchev–Trinajstić information content (AvgIpc) is 3.39. The predicted molar refractivity (Wildman–Crippen MR) is 122 cm³/mol. The molecule has 0 spiro atoms. The summed E-state index contributed by atoms with van der Waals surface area (Å²) in [6, 6.07) is 3.10. The van der Waals surface area contributed by atoms with Crippen molar-refractivity contribution in [3.8, 4) is 5.75 Å². The average molecular weight is 441 g/mol. The molecule has 0 fully saturated rings. The minimum Gasteiger partial charge on any atom is -0.493 e. The second kappa shape index (κ2) is 8.47. The monoisotopic (exact) mass is 440 g/mol. The summed E-state index contributed by atoms with van der Waals surface area (Å²) in [5, 5.41) is 3.56. The van der Waals surface area contributed by atoms with Crippen LogP contribution < -0.4 is 10.1 Å². The molecule has 0 atom stereocenters. The van der Waals surface area contributed by atoms with Crippen molar-refractivity contribution in [1.82, 2.24) is 14.4 Å². The number of allylic oxidation sites excluding steroid dienone is 2. The Labute approximate surface area is 184 Å². The molecule has 0 radical (unpaired) electrons. The molecule has 3 heterocycles. The number of fused-ring (bicyclic) bond motifs is 2. The molecular formula is C22H22ClFN6O. The summed E-state index contributed by atoms with van der Waals surface area (Å²) in [5.41, 5.74) is 4.62. The van der Waals surface area contributed by atoms with E-state index in [1.54, 1.807) is 29.9 Å². The van der Waals surface area contributed by atoms with Gasteiger partial charge in [-0.25, -0.2) is 24.3 Å². The van der Waals surface area contributed by atoms with E-state index in [2.05, 4.69) is 32.0 Å². The van der Waals surface area contributed by atoms with E-state index >= 15 is 0 Å². The van der Waals surface area contributed by atoms with Crippen LogP contribution in [0.4, 0.5) is 10.3 Å². The standard InChI is InChI=1S/C22H22ClFN6O/c1-12(13(2)29-14(3)25-4)16-9-26-22(30-11-28-21(23)20(16)30)27-10-17-15-7-8-31-19(15)6-5-18(17)24/h5-6,9,11H,4,7-8,10H2,1-3H3,(H,26,27)/b13-12+,29-14?. The summed E-state index contributed by atoms with van der Waals surface area (Å²) in [4.78, 5) is 17.0. The van der Waals surface area contributed by atoms with Gasteiger partial charge in [-0.1, -0.05) is 11.6 Å². The van der Waals surface area contributed by atoms with Crippen LogP contribution in [0.5, 0.6) is 5.75 Å². The van der Waals surface area contributed by atoms with Gasteiger partial charge in [0.2, 0.25) is 5.95 Å². The number of aromatic nitrogens is 3. The number of halogens is 2. The van der Waals surface area contributed by atoms with Gasteiger partial charge in [-0.2, -0.15) is 0 Å². The van der Waals surface area contributed by atoms with Crippen molar-refractivity contribution in [2.45, 2.75) is 33.7 Å². The summed E-state index contributed by atoms with van der Waals surface area (Å²) in [5.74, 6) is 1.54. The van der Waals surface area contributed by atoms with Crippen molar-refractivity contribution in [2.24, 2.45) is 9.98 Å². The predicted octanol–water partition coefficient (Wildman–Crippen LogP) is 4.94. The second-order valence-electron chi connectivity index (χ2n) is 7.23. The number of rotatable bonds is 5. The third-order valence-corrected chi connectivity index (χ3v) is 5.67. The van der Waals surface area contributed by atoms with Crippen LogP contribution >= 0.6 is 11.6 Å². The summed E-state index contributed by atoms with van der Waals surface area (Å²) in [6.07, 6.45) is 3.99. The van der Waals surface area contributed by atoms with Gasteiger partial charge in [-0.15, -0.1) is 0 Å². The van der Waals surface area contributed by atoms with E-state index in [4.69, 9.17) is 16.3 Å². The molecule has 1 aliphatic rings. The Kier molecular flexibility index (Phi) is 5.73. The maximum absolute atomic E-state index is 14.5. The lowest BCUT2D eigenvalue weighted by atomic mass is 10.0. The third-order valence-electron chi connectivity index (χ3n) is 5.39. The zero-order valence-corrected chi connectivity index (χ0v) is 18.3. The molecule has 9 heteroatoms. The summed E-state index contributed by atoms with van der Waals surface area (Å²) < 4.78 is 21.8. The Morgan fingerprint density at radius 2 is 2.13 bits per heavy atom. The number of ether oxygens (including phenoxy) is 1. The fourth-order valence-corrected chi connectivity index (χ4v) is 3.85. The number of imidazole rings is 1. The van der Waals surface area contributed by atoms with E-state index in [9.17, 15) is 4.39 Å². The van der Waals surface area contributed by atoms with Crippen molar-refractivity contribution < 1.29 is 9.13 Å². The van der Waals surface area contributed by atoms with Crippen LogP contribution in [-0.4, -0.2) is 33.5 Å². The number of nitrogens with one attached hydrogen (secondary N) is 1. The van der Waals surface area contributed by atoms with Crippen molar-refractivity contribution in [3.63, 3.8) is 0 Å². The van der Waals surface area contributed by atoms with Gasteiger partial charge in [-0.3, -0.25) is 4.40 Å². The Morgan fingerprint density at radius 1 is 1.32 bits per heavy atom. The van der Waals surface area contributed by atoms with Crippen molar-refractivity contribution in [1.29, 1.82) is 0 Å². The first kappa shape index (κ1) is 21.0. The highest BCUT2D eigenvalue weighted by Gasteiger charge is 2.20. The molecule has 1 aromatic carbocycles. The van der Waals surface area contributed by atoms with Gasteiger partial charge in [0, 0.05) is 41.5 Å². The van der Waals surface area contributed by atoms with Gasteiger partial charge in [-0.05, 0) is 45.2 Å². The number of hydrogen-bond acceptors (Lipinski definition) is 5. The number of nitrogens with zero attached hydrogens (tertiary/aromatic N) is 5. The minimum atomic E-state index is -0.272. The summed E-state index contributed by atoms with van der Waals surface area (Å²) in [7, 11) is 0. The molecule has 0 saturated heterocycles. The Morgan fingerprint density at radius 3 is 2.90 bits per heavy atom. The van der Waals surface area contributed by atoms with Crippen molar-refractivity contribution in [3.05, 3.63) is 58.0 Å². The number of benzene rings is 1. The molecule has 0 saturated carbocycles. The van der Waals surface area contributed by atoms with Crippen molar-refractivity contribution in [2.75, 3.05) is 11.9 Å². The van der Waals surface area contributed by atoms with Gasteiger partial charge in [0.05, 0.1) is 12.1 Å². The van der Waals surface area contributed by atoms with Crippen LogP contribution in [-0.2, 0) is 13.0 Å². The van der Waals surface area contributed by atoms with E-state index < -0.39 is 0 Å². The maximum atomic E-state index is 14.5. The van der Waals surface area contributed by atoms with E-state index in [0.717, 1.165) is 28.1 Å². The maximum Gasteiger partial charge on any atom is 0.209 e. The normalized spacial score (nSPS) is 14.3. The minimum absolute atomic E-state index is 0.262. The fourth-order valence-electron chi connectivity index (χ4n) is 3.61. The van der Waals surface area contributed by atoms with E-state index in [-0.39, 0.29) is 12.4 Å². The first-order valence-electron chi connectivity index (χ1n) is 9.79. The highest BCUT2D eigenvalue weighted by atomic mass is 35.5. The number of amidine groups is 1. The molecule has 2 aromatic heterocycles. The summed E-state index contributed by atoms with van der Waals surface area (Å²) in [6.45, 7) is 9.92. The van der Waals surface area contributed by atoms with Gasteiger partial charge in [0.1, 0.15) is 23.7 Å². The molecule has 0 unspecified atom stereocenters. The molecule has 1 N–H and O–H groups in total. The quantitative estimate of drug-likeness (QED) is 0.450. The third kappa shape index (κ3) is 3.90. The van der Waals surface area contributed by atoms with Gasteiger partial charge in [0.15, 0.2) is 5.15 Å². The topological polar surface area (TPSA) is 76.2 Å². The SMILES string of the molecule is C=NC(C)=N/C(C)=C(\C)c1cnc(NCc2c(F)ccc3c2CCO3)n2cnc(Cl)c12. The lowest BCUT2D eigenvalue weighted by Gasteiger charge is -2.14. The van der Waals surface area contributed by atoms with Crippen molar-refractivity contribution >= 4 is 41.2 Å². The molecule has 0 bridgehead atoms. The highest BCUT2D eigenvalue weighted by molar-refractivity contribution is 6.33. The van der Waals surface area contributed by atoms with E-state index in [0.29, 0.717) is 41.0 Å². The molecular weight excluding hydrogens is 419 g/mol. The Bertz CT molecular complexity index is 1250. The lowest BCUT2D eigenvalue weighted by molar-refractivity contribution is 0.356. The van der Waals surface area contributed by atoms with Crippen LogP contribution in [0.3, 0.4) is 0 Å². The van der Waals surface area contributed by atoms with Crippen LogP contribution in [0.15, 0.2) is 40.3 Å². The fraction of sp³-hybridized carbons (Fsp3) is 0.273. The lowest BCUT2D eigenvalue weighted by Crippen LogP contribution is -2.10. The molecule has 0 aliphatic carbocycles. The first-order valence-corrected chi connectivity index (χ1v) is 10.2.